The van der Waals surface area contributed by atoms with Crippen molar-refractivity contribution in [2.45, 2.75) is 51.5 Å². The third kappa shape index (κ3) is 4.40. The van der Waals surface area contributed by atoms with E-state index in [4.69, 9.17) is 16.3 Å². The fourth-order valence-corrected chi connectivity index (χ4v) is 4.85. The summed E-state index contributed by atoms with van der Waals surface area (Å²) < 4.78 is 22.7. The molecule has 1 atom stereocenters. The fraction of sp³-hybridized carbons (Fsp3) is 0.345. The van der Waals surface area contributed by atoms with Crippen molar-refractivity contribution in [2.75, 3.05) is 6.61 Å². The first-order valence-corrected chi connectivity index (χ1v) is 12.5. The molecule has 1 aliphatic heterocycles. The Morgan fingerprint density at radius 1 is 1.22 bits per heavy atom. The maximum Gasteiger partial charge on any atom is 0.257 e. The lowest BCUT2D eigenvalue weighted by Gasteiger charge is -2.40. The average molecular weight is 520 g/mol. The Morgan fingerprint density at radius 3 is 2.49 bits per heavy atom. The summed E-state index contributed by atoms with van der Waals surface area (Å²) in [6.07, 6.45) is 3.04. The van der Waals surface area contributed by atoms with Crippen molar-refractivity contribution in [1.82, 2.24) is 9.88 Å². The number of benzene rings is 2. The van der Waals surface area contributed by atoms with Gasteiger partial charge in [-0.3, -0.25) is 14.7 Å². The van der Waals surface area contributed by atoms with Crippen molar-refractivity contribution in [3.05, 3.63) is 99.1 Å². The van der Waals surface area contributed by atoms with Crippen molar-refractivity contribution >= 4 is 17.5 Å². The molecule has 1 saturated carbocycles. The molecule has 0 radical (unpaired) electrons. The van der Waals surface area contributed by atoms with Gasteiger partial charge >= 0.3 is 0 Å². The van der Waals surface area contributed by atoms with E-state index in [1.807, 2.05) is 19.1 Å². The van der Waals surface area contributed by atoms with Crippen LogP contribution in [0.5, 0.6) is 0 Å². The first kappa shape index (κ1) is 25.3. The summed E-state index contributed by atoms with van der Waals surface area (Å²) in [6, 6.07) is 15.5. The van der Waals surface area contributed by atoms with E-state index in [1.165, 1.54) is 30.9 Å². The number of aromatic nitrogens is 1. The van der Waals surface area contributed by atoms with E-state index in [0.29, 0.717) is 29.1 Å². The van der Waals surface area contributed by atoms with Crippen LogP contribution in [0.3, 0.4) is 0 Å². The predicted octanol–water partition coefficient (Wildman–Crippen LogP) is 5.59. The molecule has 1 aromatic heterocycles. The summed E-state index contributed by atoms with van der Waals surface area (Å²) >= 11 is 6.18. The lowest BCUT2D eigenvalue weighted by Crippen LogP contribution is -2.47. The lowest BCUT2D eigenvalue weighted by atomic mass is 9.88. The zero-order valence-corrected chi connectivity index (χ0v) is 21.6. The van der Waals surface area contributed by atoms with Gasteiger partial charge < -0.3 is 9.84 Å². The molecule has 1 amide bonds. The number of aryl methyl sites for hydroxylation is 1. The Kier molecular flexibility index (Phi) is 6.11. The molecule has 190 valence electrons. The second kappa shape index (κ2) is 8.91. The molecule has 8 heteroatoms. The molecule has 0 unspecified atom stereocenters. The highest BCUT2D eigenvalue weighted by Gasteiger charge is 2.56. The van der Waals surface area contributed by atoms with Crippen LogP contribution in [-0.4, -0.2) is 27.5 Å². The quantitative estimate of drug-likeness (QED) is 0.440. The largest absolute Gasteiger partial charge is 0.386 e. The highest BCUT2D eigenvalue weighted by molar-refractivity contribution is 6.30. The van der Waals surface area contributed by atoms with Gasteiger partial charge in [0.2, 0.25) is 0 Å². The molecule has 3 aromatic rings. The number of halogens is 2. The van der Waals surface area contributed by atoms with Gasteiger partial charge in [0.15, 0.2) is 5.72 Å². The SMILES string of the molecule is Cc1ccc(CN2C(=O)c3cc(C(C)(C)O)cc(F)c3[C@]2(OCC2(C#N)CC2)c2ccc(Cl)cc2)nc1. The molecule has 2 heterocycles. The number of nitrogens with zero attached hydrogens (tertiary/aromatic N) is 3. The Hall–Kier alpha value is -3.31. The molecule has 1 aliphatic carbocycles. The third-order valence-electron chi connectivity index (χ3n) is 7.17. The van der Waals surface area contributed by atoms with Crippen LogP contribution in [0.15, 0.2) is 54.7 Å². The minimum absolute atomic E-state index is 0.0172. The van der Waals surface area contributed by atoms with Gasteiger partial charge in [-0.2, -0.15) is 5.26 Å². The minimum Gasteiger partial charge on any atom is -0.386 e. The van der Waals surface area contributed by atoms with Crippen LogP contribution >= 0.6 is 11.6 Å². The molecule has 6 nitrogen and oxygen atoms in total. The topological polar surface area (TPSA) is 86.5 Å². The molecule has 1 N–H and O–H groups in total. The Bertz CT molecular complexity index is 1410. The molecule has 0 saturated heterocycles. The number of aliphatic hydroxyl groups is 1. The van der Waals surface area contributed by atoms with Gasteiger partial charge in [-0.1, -0.05) is 29.8 Å². The standard InChI is InChI=1S/C29H27ClFN3O3/c1-18-4-9-22(33-14-18)15-34-26(35)23-12-20(27(2,3)36)13-24(31)25(23)29(34,19-5-7-21(30)8-6-19)37-17-28(16-32)10-11-28/h4-9,12-14,36H,10-11,15,17H2,1-3H3/t29-/m1/s1. The highest BCUT2D eigenvalue weighted by atomic mass is 35.5. The van der Waals surface area contributed by atoms with E-state index in [-0.39, 0.29) is 29.8 Å². The van der Waals surface area contributed by atoms with Gasteiger partial charge in [0, 0.05) is 16.8 Å². The summed E-state index contributed by atoms with van der Waals surface area (Å²) in [5.74, 6) is -1.14. The van der Waals surface area contributed by atoms with Crippen LogP contribution in [0.1, 0.15) is 65.0 Å². The smallest absolute Gasteiger partial charge is 0.257 e. The van der Waals surface area contributed by atoms with Crippen molar-refractivity contribution in [1.29, 1.82) is 5.26 Å². The minimum atomic E-state index is -1.67. The maximum absolute atomic E-state index is 16.1. The van der Waals surface area contributed by atoms with E-state index < -0.39 is 28.5 Å². The monoisotopic (exact) mass is 519 g/mol. The summed E-state index contributed by atoms with van der Waals surface area (Å²) in [4.78, 5) is 20.0. The number of carbonyl (C=O) groups is 1. The summed E-state index contributed by atoms with van der Waals surface area (Å²) in [7, 11) is 0. The molecule has 5 rings (SSSR count). The fourth-order valence-electron chi connectivity index (χ4n) is 4.72. The average Bonchev–Trinajstić information content (AvgIpc) is 3.60. The molecule has 2 aliphatic rings. The zero-order chi connectivity index (χ0) is 26.6. The van der Waals surface area contributed by atoms with Crippen LogP contribution in [0.4, 0.5) is 4.39 Å². The Labute approximate surface area is 220 Å². The predicted molar refractivity (Wildman–Crippen MR) is 136 cm³/mol. The Balaban J connectivity index is 1.75. The molecular formula is C29H27ClFN3O3. The molecule has 2 aromatic carbocycles. The third-order valence-corrected chi connectivity index (χ3v) is 7.42. The molecule has 0 bridgehead atoms. The van der Waals surface area contributed by atoms with Crippen LogP contribution in [0.2, 0.25) is 5.02 Å². The summed E-state index contributed by atoms with van der Waals surface area (Å²) in [6.45, 7) is 5.04. The summed E-state index contributed by atoms with van der Waals surface area (Å²) in [5.41, 5.74) is -1.24. The van der Waals surface area contributed by atoms with Crippen LogP contribution in [0, 0.1) is 29.5 Å². The van der Waals surface area contributed by atoms with Crippen molar-refractivity contribution in [2.24, 2.45) is 5.41 Å². The number of amides is 1. The van der Waals surface area contributed by atoms with Gasteiger partial charge in [0.05, 0.1) is 47.1 Å². The van der Waals surface area contributed by atoms with E-state index in [9.17, 15) is 15.2 Å². The van der Waals surface area contributed by atoms with Gasteiger partial charge in [-0.05, 0) is 75.1 Å². The van der Waals surface area contributed by atoms with Crippen LogP contribution in [0.25, 0.3) is 0 Å². The van der Waals surface area contributed by atoms with E-state index in [1.54, 1.807) is 30.5 Å². The molecule has 0 spiro atoms. The van der Waals surface area contributed by atoms with Crippen molar-refractivity contribution in [3.63, 3.8) is 0 Å². The van der Waals surface area contributed by atoms with Gasteiger partial charge in [0.25, 0.3) is 5.91 Å². The first-order valence-electron chi connectivity index (χ1n) is 12.1. The normalized spacial score (nSPS) is 20.0. The molecular weight excluding hydrogens is 493 g/mol. The van der Waals surface area contributed by atoms with Gasteiger partial charge in [-0.25, -0.2) is 4.39 Å². The number of fused-ring (bicyclic) bond motifs is 1. The highest BCUT2D eigenvalue weighted by Crippen LogP contribution is 2.52. The number of hydrogen-bond donors (Lipinski definition) is 1. The maximum atomic E-state index is 16.1. The number of hydrogen-bond acceptors (Lipinski definition) is 5. The number of ether oxygens (including phenoxy) is 1. The number of carbonyl (C=O) groups excluding carboxylic acids is 1. The van der Waals surface area contributed by atoms with E-state index in [2.05, 4.69) is 11.1 Å². The lowest BCUT2D eigenvalue weighted by molar-refractivity contribution is -0.122. The second-order valence-electron chi connectivity index (χ2n) is 10.5. The van der Waals surface area contributed by atoms with Gasteiger partial charge in [-0.15, -0.1) is 0 Å². The molecule has 37 heavy (non-hydrogen) atoms. The second-order valence-corrected chi connectivity index (χ2v) is 10.9. The van der Waals surface area contributed by atoms with Crippen LogP contribution in [-0.2, 0) is 22.6 Å². The number of pyridine rings is 1. The van der Waals surface area contributed by atoms with Crippen LogP contribution < -0.4 is 0 Å². The van der Waals surface area contributed by atoms with Crippen molar-refractivity contribution < 1.29 is 19.0 Å². The number of nitriles is 1. The van der Waals surface area contributed by atoms with E-state index in [0.717, 1.165) is 5.56 Å². The number of rotatable bonds is 7. The van der Waals surface area contributed by atoms with Gasteiger partial charge in [0.1, 0.15) is 5.82 Å². The first-order chi connectivity index (χ1) is 17.5. The van der Waals surface area contributed by atoms with Crippen molar-refractivity contribution in [3.8, 4) is 6.07 Å². The summed E-state index contributed by atoms with van der Waals surface area (Å²) in [5, 5.41) is 20.8. The zero-order valence-electron chi connectivity index (χ0n) is 20.9. The Morgan fingerprint density at radius 2 is 1.92 bits per heavy atom. The molecule has 1 fully saturated rings. The van der Waals surface area contributed by atoms with E-state index >= 15 is 4.39 Å².